The molecule has 9 heteroatoms. The van der Waals surface area contributed by atoms with Gasteiger partial charge in [0.1, 0.15) is 6.54 Å². The van der Waals surface area contributed by atoms with Crippen LogP contribution in [0.25, 0.3) is 5.65 Å². The van der Waals surface area contributed by atoms with E-state index in [1.54, 1.807) is 49.4 Å². The third kappa shape index (κ3) is 4.40. The summed E-state index contributed by atoms with van der Waals surface area (Å²) in [5.74, 6) is -0.775. The van der Waals surface area contributed by atoms with Crippen LogP contribution in [0, 0.1) is 13.8 Å². The Hall–Kier alpha value is -3.91. The zero-order chi connectivity index (χ0) is 22.8. The summed E-state index contributed by atoms with van der Waals surface area (Å²) < 4.78 is 2.29. The lowest BCUT2D eigenvalue weighted by Gasteiger charge is -2.09. The third-order valence-corrected chi connectivity index (χ3v) is 5.39. The summed E-state index contributed by atoms with van der Waals surface area (Å²) in [5, 5.41) is 10.2. The van der Waals surface area contributed by atoms with Crippen LogP contribution < -0.4 is 16.3 Å². The molecule has 0 atom stereocenters. The van der Waals surface area contributed by atoms with Gasteiger partial charge in [0.25, 0.3) is 5.91 Å². The molecule has 0 aliphatic heterocycles. The summed E-state index contributed by atoms with van der Waals surface area (Å²) >= 11 is 6.08. The number of pyridine rings is 1. The van der Waals surface area contributed by atoms with Crippen LogP contribution in [0.1, 0.15) is 21.5 Å². The van der Waals surface area contributed by atoms with Crippen molar-refractivity contribution in [3.8, 4) is 0 Å². The lowest BCUT2D eigenvalue weighted by Crippen LogP contribution is -2.28. The van der Waals surface area contributed by atoms with E-state index in [0.717, 1.165) is 15.8 Å². The second kappa shape index (κ2) is 8.68. The van der Waals surface area contributed by atoms with Gasteiger partial charge in [0.2, 0.25) is 5.91 Å². The van der Waals surface area contributed by atoms with Gasteiger partial charge in [0, 0.05) is 22.6 Å². The Morgan fingerprint density at radius 1 is 1.00 bits per heavy atom. The van der Waals surface area contributed by atoms with Crippen LogP contribution in [0.15, 0.2) is 65.6 Å². The fourth-order valence-electron chi connectivity index (χ4n) is 3.16. The summed E-state index contributed by atoms with van der Waals surface area (Å²) in [6.07, 6.45) is 1.41. The Morgan fingerprint density at radius 2 is 1.75 bits per heavy atom. The molecule has 32 heavy (non-hydrogen) atoms. The van der Waals surface area contributed by atoms with Gasteiger partial charge in [-0.15, -0.1) is 5.10 Å². The number of carbonyl (C=O) groups is 2. The number of nitrogens with zero attached hydrogens (tertiary/aromatic N) is 3. The van der Waals surface area contributed by atoms with E-state index in [1.165, 1.54) is 10.6 Å². The van der Waals surface area contributed by atoms with Crippen molar-refractivity contribution in [1.29, 1.82) is 0 Å². The molecule has 2 heterocycles. The first-order chi connectivity index (χ1) is 15.3. The highest BCUT2D eigenvalue weighted by Crippen LogP contribution is 2.22. The van der Waals surface area contributed by atoms with Crippen molar-refractivity contribution < 1.29 is 9.59 Å². The molecule has 162 valence electrons. The number of aromatic nitrogens is 3. The maximum Gasteiger partial charge on any atom is 0.350 e. The van der Waals surface area contributed by atoms with Crippen LogP contribution in [0.3, 0.4) is 0 Å². The van der Waals surface area contributed by atoms with Gasteiger partial charge in [-0.05, 0) is 55.8 Å². The zero-order valence-corrected chi connectivity index (χ0v) is 18.2. The fraction of sp³-hybridized carbons (Fsp3) is 0.130. The first kappa shape index (κ1) is 21.3. The summed E-state index contributed by atoms with van der Waals surface area (Å²) in [7, 11) is 0. The average molecular weight is 450 g/mol. The van der Waals surface area contributed by atoms with Crippen LogP contribution >= 0.6 is 11.6 Å². The van der Waals surface area contributed by atoms with Crippen molar-refractivity contribution in [2.75, 3.05) is 10.6 Å². The molecule has 0 radical (unpaired) electrons. The van der Waals surface area contributed by atoms with E-state index in [1.807, 2.05) is 19.1 Å². The van der Waals surface area contributed by atoms with E-state index in [-0.39, 0.29) is 12.5 Å². The number of anilines is 2. The number of rotatable bonds is 5. The van der Waals surface area contributed by atoms with Gasteiger partial charge < -0.3 is 10.6 Å². The van der Waals surface area contributed by atoms with Crippen LogP contribution in [-0.4, -0.2) is 26.0 Å². The number of hydrogen-bond acceptors (Lipinski definition) is 4. The minimum Gasteiger partial charge on any atom is -0.324 e. The number of halogens is 1. The van der Waals surface area contributed by atoms with Gasteiger partial charge in [0.15, 0.2) is 5.65 Å². The molecule has 8 nitrogen and oxygen atoms in total. The molecule has 0 saturated heterocycles. The summed E-state index contributed by atoms with van der Waals surface area (Å²) in [6, 6.07) is 15.7. The molecule has 4 rings (SSSR count). The normalized spacial score (nSPS) is 10.8. The Kier molecular flexibility index (Phi) is 5.79. The van der Waals surface area contributed by atoms with E-state index in [2.05, 4.69) is 15.7 Å². The van der Waals surface area contributed by atoms with E-state index >= 15 is 0 Å². The van der Waals surface area contributed by atoms with Crippen molar-refractivity contribution in [1.82, 2.24) is 14.2 Å². The second-order valence-corrected chi connectivity index (χ2v) is 7.77. The quantitative estimate of drug-likeness (QED) is 0.486. The van der Waals surface area contributed by atoms with E-state index < -0.39 is 11.6 Å². The van der Waals surface area contributed by atoms with Crippen molar-refractivity contribution in [2.24, 2.45) is 0 Å². The molecule has 0 bridgehead atoms. The summed E-state index contributed by atoms with van der Waals surface area (Å²) in [4.78, 5) is 37.8. The fourth-order valence-corrected chi connectivity index (χ4v) is 3.34. The molecule has 0 spiro atoms. The van der Waals surface area contributed by atoms with Gasteiger partial charge in [-0.2, -0.15) is 0 Å². The standard InChI is InChI=1S/C23H20ClN5O3/c1-14-6-9-17(10-7-14)25-22(31)16-8-11-20-27-29(23(32)28(20)12-16)13-21(30)26-19-5-3-4-18(24)15(19)2/h3-12H,13H2,1-2H3,(H,25,31)(H,26,30). The van der Waals surface area contributed by atoms with Crippen molar-refractivity contribution in [3.05, 3.63) is 93.0 Å². The van der Waals surface area contributed by atoms with Gasteiger partial charge in [-0.25, -0.2) is 13.9 Å². The monoisotopic (exact) mass is 449 g/mol. The van der Waals surface area contributed by atoms with E-state index in [0.29, 0.717) is 27.6 Å². The Labute approximate surface area is 188 Å². The SMILES string of the molecule is Cc1ccc(NC(=O)c2ccc3nn(CC(=O)Nc4cccc(Cl)c4C)c(=O)n3c2)cc1. The van der Waals surface area contributed by atoms with E-state index in [9.17, 15) is 14.4 Å². The molecule has 0 fully saturated rings. The molecular formula is C23H20ClN5O3. The molecule has 0 unspecified atom stereocenters. The maximum atomic E-state index is 12.7. The van der Waals surface area contributed by atoms with Gasteiger partial charge >= 0.3 is 5.69 Å². The van der Waals surface area contributed by atoms with Crippen LogP contribution in [0.2, 0.25) is 5.02 Å². The van der Waals surface area contributed by atoms with Gasteiger partial charge in [-0.3, -0.25) is 9.59 Å². The predicted octanol–water partition coefficient (Wildman–Crippen LogP) is 3.66. The van der Waals surface area contributed by atoms with Crippen LogP contribution in [-0.2, 0) is 11.3 Å². The molecule has 2 aromatic heterocycles. The Morgan fingerprint density at radius 3 is 2.50 bits per heavy atom. The minimum atomic E-state index is -0.525. The second-order valence-electron chi connectivity index (χ2n) is 7.37. The Bertz CT molecular complexity index is 1390. The molecular weight excluding hydrogens is 430 g/mol. The molecule has 2 amide bonds. The van der Waals surface area contributed by atoms with Gasteiger partial charge in [0.05, 0.1) is 5.56 Å². The van der Waals surface area contributed by atoms with Crippen LogP contribution in [0.5, 0.6) is 0 Å². The molecule has 0 aliphatic rings. The number of aryl methyl sites for hydroxylation is 1. The lowest BCUT2D eigenvalue weighted by molar-refractivity contribution is -0.117. The summed E-state index contributed by atoms with van der Waals surface area (Å²) in [6.45, 7) is 3.47. The Balaban J connectivity index is 1.53. The maximum absolute atomic E-state index is 12.7. The predicted molar refractivity (Wildman–Crippen MR) is 123 cm³/mol. The van der Waals surface area contributed by atoms with Crippen molar-refractivity contribution in [2.45, 2.75) is 20.4 Å². The number of benzene rings is 2. The molecule has 4 aromatic rings. The first-order valence-electron chi connectivity index (χ1n) is 9.84. The van der Waals surface area contributed by atoms with Crippen LogP contribution in [0.4, 0.5) is 11.4 Å². The molecule has 0 saturated carbocycles. The van der Waals surface area contributed by atoms with Gasteiger partial charge in [-0.1, -0.05) is 35.4 Å². The highest BCUT2D eigenvalue weighted by molar-refractivity contribution is 6.31. The number of nitrogens with one attached hydrogen (secondary N) is 2. The average Bonchev–Trinajstić information content (AvgIpc) is 3.07. The van der Waals surface area contributed by atoms with E-state index in [4.69, 9.17) is 11.6 Å². The number of carbonyl (C=O) groups excluding carboxylic acids is 2. The largest absolute Gasteiger partial charge is 0.350 e. The summed E-state index contributed by atoms with van der Waals surface area (Å²) in [5.41, 5.74) is 3.12. The first-order valence-corrected chi connectivity index (χ1v) is 10.2. The molecule has 2 aromatic carbocycles. The smallest absolute Gasteiger partial charge is 0.324 e. The molecule has 2 N–H and O–H groups in total. The van der Waals surface area contributed by atoms with Crippen molar-refractivity contribution >= 4 is 40.4 Å². The number of hydrogen-bond donors (Lipinski definition) is 2. The number of amides is 2. The number of fused-ring (bicyclic) bond motifs is 1. The van der Waals surface area contributed by atoms with Crippen molar-refractivity contribution in [3.63, 3.8) is 0 Å². The minimum absolute atomic E-state index is 0.280. The third-order valence-electron chi connectivity index (χ3n) is 4.98. The highest BCUT2D eigenvalue weighted by Gasteiger charge is 2.14. The lowest BCUT2D eigenvalue weighted by atomic mass is 10.2. The molecule has 0 aliphatic carbocycles. The highest BCUT2D eigenvalue weighted by atomic mass is 35.5. The zero-order valence-electron chi connectivity index (χ0n) is 17.4. The topological polar surface area (TPSA) is 97.5 Å².